The van der Waals surface area contributed by atoms with Gasteiger partial charge in [0.05, 0.1) is 11.0 Å². The van der Waals surface area contributed by atoms with Crippen molar-refractivity contribution >= 4 is 22.6 Å². The molecule has 5 rings (SSSR count). The van der Waals surface area contributed by atoms with Gasteiger partial charge in [0.2, 0.25) is 5.91 Å². The van der Waals surface area contributed by atoms with E-state index in [4.69, 9.17) is 0 Å². The fraction of sp³-hybridized carbons (Fsp3) is 0.462. The number of amides is 1. The molecule has 1 N–H and O–H groups in total. The van der Waals surface area contributed by atoms with Gasteiger partial charge < -0.3 is 15.1 Å². The summed E-state index contributed by atoms with van der Waals surface area (Å²) >= 11 is 0. The normalized spacial score (nSPS) is 17.6. The molecule has 6 nitrogen and oxygen atoms in total. The fourth-order valence-electron chi connectivity index (χ4n) is 5.16. The maximum atomic E-state index is 13.9. The van der Waals surface area contributed by atoms with Crippen molar-refractivity contribution in [3.8, 4) is 11.4 Å². The average Bonchev–Trinajstić information content (AvgIpc) is 3.28. The van der Waals surface area contributed by atoms with Crippen molar-refractivity contribution in [3.05, 3.63) is 48.5 Å². The maximum Gasteiger partial charge on any atom is 0.320 e. The van der Waals surface area contributed by atoms with E-state index in [9.17, 15) is 13.6 Å². The number of nitrogens with one attached hydrogen (secondary N) is 1. The molecule has 0 bridgehead atoms. The molecular weight excluding hydrogens is 436 g/mol. The molecule has 34 heavy (non-hydrogen) atoms. The Balaban J connectivity index is 1.25. The Morgan fingerprint density at radius 3 is 2.56 bits per heavy atom. The first kappa shape index (κ1) is 22.8. The summed E-state index contributed by atoms with van der Waals surface area (Å²) in [4.78, 5) is 21.4. The van der Waals surface area contributed by atoms with E-state index in [-0.39, 0.29) is 11.7 Å². The van der Waals surface area contributed by atoms with Gasteiger partial charge in [-0.3, -0.25) is 9.36 Å². The van der Waals surface area contributed by atoms with Gasteiger partial charge in [-0.1, -0.05) is 24.3 Å². The Labute approximate surface area is 198 Å². The van der Waals surface area contributed by atoms with Crippen LogP contribution in [0, 0.1) is 5.92 Å². The summed E-state index contributed by atoms with van der Waals surface area (Å²) in [5.41, 5.74) is 2.61. The van der Waals surface area contributed by atoms with Gasteiger partial charge in [-0.2, -0.15) is 8.78 Å². The van der Waals surface area contributed by atoms with E-state index in [0.29, 0.717) is 42.0 Å². The number of carbonyl (C=O) groups excluding carboxylic acids is 1. The number of anilines is 1. The third-order valence-corrected chi connectivity index (χ3v) is 7.12. The zero-order chi connectivity index (χ0) is 23.5. The van der Waals surface area contributed by atoms with Gasteiger partial charge in [0.25, 0.3) is 0 Å². The molecule has 2 aliphatic heterocycles. The van der Waals surface area contributed by atoms with Crippen molar-refractivity contribution in [2.45, 2.75) is 32.2 Å². The van der Waals surface area contributed by atoms with E-state index in [1.165, 1.54) is 0 Å². The van der Waals surface area contributed by atoms with Crippen LogP contribution in [0.1, 0.15) is 32.2 Å². The van der Waals surface area contributed by atoms with Crippen LogP contribution in [-0.4, -0.2) is 59.6 Å². The number of para-hydroxylation sites is 2. The number of imidazole rings is 1. The number of benzene rings is 2. The summed E-state index contributed by atoms with van der Waals surface area (Å²) in [5.74, 6) is 1.18. The van der Waals surface area contributed by atoms with Gasteiger partial charge in [-0.15, -0.1) is 0 Å². The number of fused-ring (bicyclic) bond motifs is 1. The summed E-state index contributed by atoms with van der Waals surface area (Å²) in [7, 11) is 0. The molecule has 0 radical (unpaired) electrons. The number of hydrogen-bond donors (Lipinski definition) is 1. The van der Waals surface area contributed by atoms with Gasteiger partial charge in [-0.05, 0) is 62.5 Å². The summed E-state index contributed by atoms with van der Waals surface area (Å²) in [6, 6.07) is 14.6. The van der Waals surface area contributed by atoms with Gasteiger partial charge in [-0.25, -0.2) is 4.98 Å². The second-order valence-corrected chi connectivity index (χ2v) is 9.22. The Kier molecular flexibility index (Phi) is 6.76. The van der Waals surface area contributed by atoms with Crippen molar-refractivity contribution < 1.29 is 13.6 Å². The predicted molar refractivity (Wildman–Crippen MR) is 130 cm³/mol. The van der Waals surface area contributed by atoms with Crippen molar-refractivity contribution in [1.29, 1.82) is 0 Å². The van der Waals surface area contributed by atoms with Crippen molar-refractivity contribution in [2.75, 3.05) is 44.2 Å². The molecule has 0 unspecified atom stereocenters. The first-order valence-corrected chi connectivity index (χ1v) is 12.2. The molecule has 2 aromatic carbocycles. The first-order valence-electron chi connectivity index (χ1n) is 12.2. The molecule has 2 saturated heterocycles. The average molecular weight is 468 g/mol. The number of rotatable bonds is 6. The highest BCUT2D eigenvalue weighted by atomic mass is 19.3. The lowest BCUT2D eigenvalue weighted by Crippen LogP contribution is -2.48. The Morgan fingerprint density at radius 2 is 1.79 bits per heavy atom. The molecule has 1 amide bonds. The fourth-order valence-corrected chi connectivity index (χ4v) is 5.16. The van der Waals surface area contributed by atoms with E-state index in [0.717, 1.165) is 55.7 Å². The molecule has 0 saturated carbocycles. The standard InChI is InChI=1S/C26H31F2N5O/c27-26(28)33-23-7-2-1-6-22(23)30-25(33)20-4-3-5-21(18-20)31-14-16-32(17-15-31)24(34)9-8-19-10-12-29-13-11-19/h1-7,18-19,26,29H,8-17H2. The summed E-state index contributed by atoms with van der Waals surface area (Å²) < 4.78 is 28.8. The van der Waals surface area contributed by atoms with Gasteiger partial charge >= 0.3 is 6.55 Å². The zero-order valence-corrected chi connectivity index (χ0v) is 19.3. The minimum Gasteiger partial charge on any atom is -0.368 e. The van der Waals surface area contributed by atoms with Crippen LogP contribution >= 0.6 is 0 Å². The highest BCUT2D eigenvalue weighted by Gasteiger charge is 2.24. The number of hydrogen-bond acceptors (Lipinski definition) is 4. The van der Waals surface area contributed by atoms with Crippen LogP contribution in [-0.2, 0) is 4.79 Å². The van der Waals surface area contributed by atoms with Crippen LogP contribution in [0.3, 0.4) is 0 Å². The van der Waals surface area contributed by atoms with Gasteiger partial charge in [0.1, 0.15) is 5.82 Å². The Morgan fingerprint density at radius 1 is 1.03 bits per heavy atom. The summed E-state index contributed by atoms with van der Waals surface area (Å²) in [6.07, 6.45) is 3.94. The van der Waals surface area contributed by atoms with Crippen molar-refractivity contribution in [3.63, 3.8) is 0 Å². The molecular formula is C26H31F2N5O. The monoisotopic (exact) mass is 467 g/mol. The summed E-state index contributed by atoms with van der Waals surface area (Å²) in [6.45, 7) is 2.27. The van der Waals surface area contributed by atoms with E-state index in [2.05, 4.69) is 15.2 Å². The highest BCUT2D eigenvalue weighted by molar-refractivity contribution is 5.81. The minimum absolute atomic E-state index is 0.248. The van der Waals surface area contributed by atoms with Crippen LogP contribution < -0.4 is 10.2 Å². The number of nitrogens with zero attached hydrogens (tertiary/aromatic N) is 4. The Bertz CT molecular complexity index is 1130. The molecule has 3 aromatic rings. The third-order valence-electron chi connectivity index (χ3n) is 7.12. The van der Waals surface area contributed by atoms with Crippen molar-refractivity contribution in [2.24, 2.45) is 5.92 Å². The van der Waals surface area contributed by atoms with E-state index in [1.807, 2.05) is 29.2 Å². The molecule has 2 aliphatic rings. The third kappa shape index (κ3) is 4.78. The van der Waals surface area contributed by atoms with E-state index >= 15 is 0 Å². The predicted octanol–water partition coefficient (Wildman–Crippen LogP) is 4.53. The largest absolute Gasteiger partial charge is 0.368 e. The quantitative estimate of drug-likeness (QED) is 0.579. The van der Waals surface area contributed by atoms with Crippen LogP contribution in [0.4, 0.5) is 14.5 Å². The van der Waals surface area contributed by atoms with Crippen LogP contribution in [0.5, 0.6) is 0 Å². The number of carbonyl (C=O) groups is 1. The lowest BCUT2D eigenvalue weighted by Gasteiger charge is -2.36. The number of alkyl halides is 2. The zero-order valence-electron chi connectivity index (χ0n) is 19.3. The lowest BCUT2D eigenvalue weighted by atomic mass is 9.93. The second-order valence-electron chi connectivity index (χ2n) is 9.22. The SMILES string of the molecule is O=C(CCC1CCNCC1)N1CCN(c2cccc(-c3nc4ccccc4n3C(F)F)c2)CC1. The molecule has 180 valence electrons. The molecule has 3 heterocycles. The maximum absolute atomic E-state index is 13.9. The van der Waals surface area contributed by atoms with Gasteiger partial charge in [0.15, 0.2) is 0 Å². The van der Waals surface area contributed by atoms with E-state index in [1.54, 1.807) is 24.3 Å². The number of halogens is 2. The first-order chi connectivity index (χ1) is 16.6. The number of piperazine rings is 1. The molecule has 2 fully saturated rings. The number of aromatic nitrogens is 2. The Hall–Kier alpha value is -3.00. The number of piperidine rings is 1. The van der Waals surface area contributed by atoms with Crippen molar-refractivity contribution in [1.82, 2.24) is 19.8 Å². The molecule has 0 atom stereocenters. The smallest absolute Gasteiger partial charge is 0.320 e. The minimum atomic E-state index is -2.68. The second kappa shape index (κ2) is 10.1. The topological polar surface area (TPSA) is 53.4 Å². The molecule has 0 aliphatic carbocycles. The highest BCUT2D eigenvalue weighted by Crippen LogP contribution is 2.32. The molecule has 1 aromatic heterocycles. The van der Waals surface area contributed by atoms with Crippen LogP contribution in [0.2, 0.25) is 0 Å². The van der Waals surface area contributed by atoms with Gasteiger partial charge in [0, 0.05) is 43.9 Å². The van der Waals surface area contributed by atoms with Crippen LogP contribution in [0.25, 0.3) is 22.4 Å². The molecule has 0 spiro atoms. The lowest BCUT2D eigenvalue weighted by molar-refractivity contribution is -0.131. The van der Waals surface area contributed by atoms with E-state index < -0.39 is 6.55 Å². The molecule has 8 heteroatoms. The summed E-state index contributed by atoms with van der Waals surface area (Å²) in [5, 5.41) is 3.37. The van der Waals surface area contributed by atoms with Crippen LogP contribution in [0.15, 0.2) is 48.5 Å².